The van der Waals surface area contributed by atoms with Crippen LogP contribution >= 0.6 is 0 Å². The molecule has 276 valence electrons. The molecule has 0 unspecified atom stereocenters. The molecular weight excluding hydrogens is 666 g/mol. The topological polar surface area (TPSA) is 132 Å². The van der Waals surface area contributed by atoms with Gasteiger partial charge in [-0.3, -0.25) is 0 Å². The lowest BCUT2D eigenvalue weighted by Gasteiger charge is -2.44. The molecule has 0 aliphatic carbocycles. The first-order valence-corrected chi connectivity index (χ1v) is 17.9. The Balaban J connectivity index is 1.18. The van der Waals surface area contributed by atoms with E-state index >= 15 is 0 Å². The lowest BCUT2D eigenvalue weighted by atomic mass is 9.91. The van der Waals surface area contributed by atoms with Crippen LogP contribution in [0.2, 0.25) is 0 Å². The summed E-state index contributed by atoms with van der Waals surface area (Å²) in [6.07, 6.45) is -1.55. The van der Waals surface area contributed by atoms with Crippen molar-refractivity contribution in [3.63, 3.8) is 0 Å². The minimum Gasteiger partial charge on any atom is -0.374 e. The first-order valence-electron chi connectivity index (χ1n) is 17.9. The van der Waals surface area contributed by atoms with E-state index in [1.54, 1.807) is 0 Å². The molecule has 0 N–H and O–H groups in total. The van der Waals surface area contributed by atoms with Gasteiger partial charge < -0.3 is 42.6 Å². The van der Waals surface area contributed by atoms with E-state index in [0.717, 1.165) is 16.7 Å². The molecule has 4 fully saturated rings. The standard InChI is InChI=1S/C40H47N3O9/c1-39(2)49-34-30(48-38-37(36(34)50-39)51-40(3,4)52-38)21-20-29-32(42-43-41)35(46-24-28-18-12-7-13-19-28)33(45-23-27-16-10-6-11-17-27)31(47-29)25-44-22-26-14-8-5-9-15-26/h5-21,29-38H,22-25H2,1-4H3/b21-20-/t29-,30+,31+,32-,33-,34-,35+,36-,37+,38+/m0/s1. The van der Waals surface area contributed by atoms with Gasteiger partial charge in [0.25, 0.3) is 0 Å². The number of rotatable bonds is 13. The van der Waals surface area contributed by atoms with Crippen LogP contribution in [0.15, 0.2) is 108 Å². The van der Waals surface area contributed by atoms with Crippen molar-refractivity contribution in [1.82, 2.24) is 0 Å². The van der Waals surface area contributed by atoms with Crippen molar-refractivity contribution < 1.29 is 42.6 Å². The van der Waals surface area contributed by atoms with Crippen molar-refractivity contribution >= 4 is 0 Å². The monoisotopic (exact) mass is 713 g/mol. The number of ether oxygens (including phenoxy) is 9. The molecule has 0 bridgehead atoms. The zero-order valence-electron chi connectivity index (χ0n) is 29.9. The quantitative estimate of drug-likeness (QED) is 0.0815. The van der Waals surface area contributed by atoms with Crippen molar-refractivity contribution in [1.29, 1.82) is 0 Å². The molecule has 4 aliphatic heterocycles. The van der Waals surface area contributed by atoms with Crippen LogP contribution in [0.4, 0.5) is 0 Å². The molecule has 12 heteroatoms. The summed E-state index contributed by atoms with van der Waals surface area (Å²) in [4.78, 5) is 3.25. The highest BCUT2D eigenvalue weighted by molar-refractivity contribution is 5.17. The maximum atomic E-state index is 9.88. The fourth-order valence-corrected chi connectivity index (χ4v) is 7.25. The molecule has 4 heterocycles. The smallest absolute Gasteiger partial charge is 0.190 e. The van der Waals surface area contributed by atoms with Crippen LogP contribution in [0.3, 0.4) is 0 Å². The Kier molecular flexibility index (Phi) is 11.4. The number of nitrogens with zero attached hydrogens (tertiary/aromatic N) is 3. The summed E-state index contributed by atoms with van der Waals surface area (Å²) < 4.78 is 57.7. The van der Waals surface area contributed by atoms with E-state index in [2.05, 4.69) is 10.0 Å². The van der Waals surface area contributed by atoms with Crippen LogP contribution in [0, 0.1) is 0 Å². The summed E-state index contributed by atoms with van der Waals surface area (Å²) in [7, 11) is 0. The van der Waals surface area contributed by atoms with Crippen molar-refractivity contribution in [2.75, 3.05) is 6.61 Å². The average molecular weight is 714 g/mol. The zero-order chi connectivity index (χ0) is 36.1. The summed E-state index contributed by atoms with van der Waals surface area (Å²) in [5.74, 6) is -1.70. The van der Waals surface area contributed by atoms with Crippen LogP contribution in [0.1, 0.15) is 44.4 Å². The molecule has 4 saturated heterocycles. The highest BCUT2D eigenvalue weighted by atomic mass is 16.9. The van der Waals surface area contributed by atoms with E-state index in [0.29, 0.717) is 13.2 Å². The third-order valence-corrected chi connectivity index (χ3v) is 9.53. The second-order valence-corrected chi connectivity index (χ2v) is 14.4. The largest absolute Gasteiger partial charge is 0.374 e. The Morgan fingerprint density at radius 1 is 0.635 bits per heavy atom. The zero-order valence-corrected chi connectivity index (χ0v) is 29.9. The summed E-state index contributed by atoms with van der Waals surface area (Å²) in [6, 6.07) is 28.9. The van der Waals surface area contributed by atoms with Gasteiger partial charge in [0.2, 0.25) is 0 Å². The maximum absolute atomic E-state index is 9.88. The minimum atomic E-state index is -0.856. The second-order valence-electron chi connectivity index (χ2n) is 14.4. The molecule has 10 atom stereocenters. The predicted molar refractivity (Wildman–Crippen MR) is 189 cm³/mol. The van der Waals surface area contributed by atoms with Gasteiger partial charge in [-0.25, -0.2) is 0 Å². The van der Waals surface area contributed by atoms with E-state index in [1.807, 2.05) is 131 Å². The predicted octanol–water partition coefficient (Wildman–Crippen LogP) is 6.77. The van der Waals surface area contributed by atoms with Crippen LogP contribution in [-0.4, -0.2) is 79.3 Å². The normalized spacial score (nSPS) is 33.3. The average Bonchev–Trinajstić information content (AvgIpc) is 3.64. The first kappa shape index (κ1) is 36.7. The highest BCUT2D eigenvalue weighted by Gasteiger charge is 2.60. The van der Waals surface area contributed by atoms with E-state index in [9.17, 15) is 5.53 Å². The van der Waals surface area contributed by atoms with Crippen LogP contribution < -0.4 is 0 Å². The Hall–Kier alpha value is -3.65. The van der Waals surface area contributed by atoms with Gasteiger partial charge in [0.05, 0.1) is 44.7 Å². The molecule has 3 aromatic carbocycles. The Morgan fingerprint density at radius 3 is 1.77 bits per heavy atom. The lowest BCUT2D eigenvalue weighted by molar-refractivity contribution is -0.224. The van der Waals surface area contributed by atoms with Gasteiger partial charge >= 0.3 is 0 Å². The molecule has 0 amide bonds. The first-order chi connectivity index (χ1) is 25.2. The molecule has 0 saturated carbocycles. The Bertz CT molecular complexity index is 1670. The molecular formula is C40H47N3O9. The molecule has 7 rings (SSSR count). The summed E-state index contributed by atoms with van der Waals surface area (Å²) in [6.45, 7) is 8.59. The van der Waals surface area contributed by atoms with Crippen molar-refractivity contribution in [3.05, 3.63) is 130 Å². The number of hydrogen-bond donors (Lipinski definition) is 0. The Labute approximate surface area is 304 Å². The summed E-state index contributed by atoms with van der Waals surface area (Å²) in [5, 5.41) is 4.27. The van der Waals surface area contributed by atoms with Crippen LogP contribution in [0.25, 0.3) is 10.4 Å². The van der Waals surface area contributed by atoms with E-state index in [4.69, 9.17) is 42.6 Å². The molecule has 0 aromatic heterocycles. The van der Waals surface area contributed by atoms with E-state index < -0.39 is 72.7 Å². The van der Waals surface area contributed by atoms with Gasteiger partial charge in [0, 0.05) is 4.91 Å². The third-order valence-electron chi connectivity index (χ3n) is 9.53. The lowest BCUT2D eigenvalue weighted by Crippen LogP contribution is -2.59. The molecule has 4 aliphatic rings. The SMILES string of the molecule is CC1(C)O[C@H]2[C@@H](O1)[C@@H](/C=C\[C@@H]1O[C@H](COCc3ccccc3)[C@H](OCc3ccccc3)[C@H](OCc3ccccc3)[C@H]1N=[N+]=[N-])O[C@@H]1OC(C)(C)O[C@@H]12. The molecule has 0 radical (unpaired) electrons. The van der Waals surface area contributed by atoms with Gasteiger partial charge in [-0.1, -0.05) is 108 Å². The van der Waals surface area contributed by atoms with Crippen molar-refractivity contribution in [2.24, 2.45) is 5.11 Å². The van der Waals surface area contributed by atoms with Gasteiger partial charge in [-0.2, -0.15) is 0 Å². The molecule has 3 aromatic rings. The maximum Gasteiger partial charge on any atom is 0.190 e. The summed E-state index contributed by atoms with van der Waals surface area (Å²) in [5.41, 5.74) is 12.9. The van der Waals surface area contributed by atoms with Crippen molar-refractivity contribution in [3.8, 4) is 0 Å². The highest BCUT2D eigenvalue weighted by Crippen LogP contribution is 2.44. The van der Waals surface area contributed by atoms with Crippen molar-refractivity contribution in [2.45, 2.75) is 120 Å². The third kappa shape index (κ3) is 8.75. The van der Waals surface area contributed by atoms with Gasteiger partial charge in [0.1, 0.15) is 36.6 Å². The number of fused-ring (bicyclic) bond motifs is 3. The number of hydrogen-bond acceptors (Lipinski definition) is 10. The number of azide groups is 1. The molecule has 0 spiro atoms. The number of benzene rings is 3. The van der Waals surface area contributed by atoms with Gasteiger partial charge in [-0.15, -0.1) is 0 Å². The van der Waals surface area contributed by atoms with E-state index in [1.165, 1.54) is 0 Å². The second kappa shape index (κ2) is 16.2. The van der Waals surface area contributed by atoms with Gasteiger partial charge in [-0.05, 0) is 49.9 Å². The molecule has 52 heavy (non-hydrogen) atoms. The minimum absolute atomic E-state index is 0.201. The van der Waals surface area contributed by atoms with E-state index in [-0.39, 0.29) is 13.2 Å². The fraction of sp³-hybridized carbons (Fsp3) is 0.500. The van der Waals surface area contributed by atoms with Crippen LogP contribution in [0.5, 0.6) is 0 Å². The van der Waals surface area contributed by atoms with Gasteiger partial charge in [0.15, 0.2) is 17.9 Å². The fourth-order valence-electron chi connectivity index (χ4n) is 7.25. The summed E-state index contributed by atoms with van der Waals surface area (Å²) >= 11 is 0. The van der Waals surface area contributed by atoms with Crippen LogP contribution in [-0.2, 0) is 62.5 Å². The Morgan fingerprint density at radius 2 is 1.15 bits per heavy atom. The molecule has 12 nitrogen and oxygen atoms in total.